The van der Waals surface area contributed by atoms with Gasteiger partial charge in [-0.25, -0.2) is 9.97 Å². The molecule has 1 aliphatic rings. The zero-order valence-corrected chi connectivity index (χ0v) is 16.6. The van der Waals surface area contributed by atoms with Crippen molar-refractivity contribution in [3.63, 3.8) is 0 Å². The molecule has 160 valence electrons. The van der Waals surface area contributed by atoms with Crippen molar-refractivity contribution in [2.45, 2.75) is 38.3 Å². The first-order valence-electron chi connectivity index (χ1n) is 9.80. The summed E-state index contributed by atoms with van der Waals surface area (Å²) in [5.41, 5.74) is 0.522. The average molecular weight is 420 g/mol. The molecule has 3 aromatic rings. The number of hydrogen-bond donors (Lipinski definition) is 0. The zero-order chi connectivity index (χ0) is 21.1. The van der Waals surface area contributed by atoms with E-state index >= 15 is 0 Å². The van der Waals surface area contributed by atoms with Gasteiger partial charge in [0.05, 0.1) is 5.52 Å². The number of methoxy groups -OCH3 is 1. The highest BCUT2D eigenvalue weighted by Gasteiger charge is 2.29. The van der Waals surface area contributed by atoms with Crippen LogP contribution in [0.1, 0.15) is 18.7 Å². The van der Waals surface area contributed by atoms with Gasteiger partial charge in [-0.2, -0.15) is 13.2 Å². The first-order valence-corrected chi connectivity index (χ1v) is 9.80. The molecule has 30 heavy (non-hydrogen) atoms. The molecule has 0 bridgehead atoms. The van der Waals surface area contributed by atoms with Crippen LogP contribution in [0.2, 0.25) is 0 Å². The third-order valence-electron chi connectivity index (χ3n) is 5.15. The normalized spacial score (nSPS) is 15.7. The van der Waals surface area contributed by atoms with Gasteiger partial charge in [0.2, 0.25) is 0 Å². The predicted octanol–water partition coefficient (Wildman–Crippen LogP) is 4.19. The van der Waals surface area contributed by atoms with Gasteiger partial charge in [-0.05, 0) is 24.3 Å². The van der Waals surface area contributed by atoms with Crippen LogP contribution in [0.3, 0.4) is 0 Å². The molecule has 0 atom stereocenters. The molecule has 4 rings (SSSR count). The highest BCUT2D eigenvalue weighted by molar-refractivity contribution is 5.86. The fourth-order valence-corrected chi connectivity index (χ4v) is 3.77. The van der Waals surface area contributed by atoms with E-state index in [0.29, 0.717) is 29.1 Å². The van der Waals surface area contributed by atoms with Gasteiger partial charge >= 0.3 is 6.18 Å². The summed E-state index contributed by atoms with van der Waals surface area (Å²) in [4.78, 5) is 10.9. The summed E-state index contributed by atoms with van der Waals surface area (Å²) in [6, 6.07) is 8.80. The summed E-state index contributed by atoms with van der Waals surface area (Å²) in [7, 11) is 1.61. The Hall–Kier alpha value is -2.81. The number of halogens is 3. The van der Waals surface area contributed by atoms with Crippen molar-refractivity contribution in [1.29, 1.82) is 0 Å². The van der Waals surface area contributed by atoms with Crippen LogP contribution in [0.4, 0.5) is 19.0 Å². The van der Waals surface area contributed by atoms with Crippen LogP contribution in [-0.4, -0.2) is 47.0 Å². The number of benzene rings is 1. The first-order chi connectivity index (χ1) is 14.4. The lowest BCUT2D eigenvalue weighted by molar-refractivity contribution is -0.139. The summed E-state index contributed by atoms with van der Waals surface area (Å²) in [5.74, 6) is 2.13. The number of fused-ring (bicyclic) bond motifs is 1. The van der Waals surface area contributed by atoms with Gasteiger partial charge in [-0.1, -0.05) is 6.07 Å². The van der Waals surface area contributed by atoms with Crippen molar-refractivity contribution < 1.29 is 22.6 Å². The van der Waals surface area contributed by atoms with E-state index in [-0.39, 0.29) is 6.10 Å². The molecule has 0 radical (unpaired) electrons. The van der Waals surface area contributed by atoms with E-state index in [4.69, 9.17) is 9.47 Å². The lowest BCUT2D eigenvalue weighted by atomic mass is 10.1. The summed E-state index contributed by atoms with van der Waals surface area (Å²) in [5, 5.41) is 0.698. The molecule has 1 saturated heterocycles. The van der Waals surface area contributed by atoms with Crippen molar-refractivity contribution in [2.75, 3.05) is 25.1 Å². The van der Waals surface area contributed by atoms with Crippen molar-refractivity contribution >= 4 is 16.7 Å². The maximum Gasteiger partial charge on any atom is 0.406 e. The van der Waals surface area contributed by atoms with Crippen LogP contribution in [0.25, 0.3) is 10.9 Å². The Morgan fingerprint density at radius 2 is 1.93 bits per heavy atom. The Morgan fingerprint density at radius 3 is 2.67 bits per heavy atom. The number of hydrogen-bond acceptors (Lipinski definition) is 5. The van der Waals surface area contributed by atoms with Gasteiger partial charge in [0.1, 0.15) is 30.8 Å². The van der Waals surface area contributed by atoms with Crippen molar-refractivity contribution in [3.8, 4) is 5.75 Å². The zero-order valence-electron chi connectivity index (χ0n) is 16.6. The third-order valence-corrected chi connectivity index (χ3v) is 5.15. The second-order valence-electron chi connectivity index (χ2n) is 7.32. The van der Waals surface area contributed by atoms with E-state index in [1.54, 1.807) is 31.5 Å². The minimum atomic E-state index is -4.26. The molecule has 9 heteroatoms. The Balaban J connectivity index is 1.42. The number of rotatable bonds is 6. The topological polar surface area (TPSA) is 52.4 Å². The van der Waals surface area contributed by atoms with Crippen LogP contribution in [0.15, 0.2) is 42.7 Å². The predicted molar refractivity (Wildman–Crippen MR) is 107 cm³/mol. The summed E-state index contributed by atoms with van der Waals surface area (Å²) in [6.07, 6.45) is 0.510. The SMILES string of the molecule is COCc1nccc(N2CCC(Oc3cccc4c3ccn4CC(F)(F)F)CC2)n1. The molecule has 2 aromatic heterocycles. The molecule has 1 aromatic carbocycles. The van der Waals surface area contributed by atoms with E-state index < -0.39 is 12.7 Å². The second kappa shape index (κ2) is 8.51. The number of ether oxygens (including phenoxy) is 2. The van der Waals surface area contributed by atoms with E-state index in [2.05, 4.69) is 14.9 Å². The van der Waals surface area contributed by atoms with Crippen molar-refractivity contribution in [1.82, 2.24) is 14.5 Å². The minimum absolute atomic E-state index is 0.00176. The lowest BCUT2D eigenvalue weighted by Crippen LogP contribution is -2.38. The molecular formula is C21H23F3N4O2. The van der Waals surface area contributed by atoms with Gasteiger partial charge in [-0.3, -0.25) is 0 Å². The Bertz CT molecular complexity index is 997. The van der Waals surface area contributed by atoms with Gasteiger partial charge < -0.3 is 18.9 Å². The van der Waals surface area contributed by atoms with E-state index in [9.17, 15) is 13.2 Å². The first kappa shape index (κ1) is 20.5. The van der Waals surface area contributed by atoms with Crippen LogP contribution >= 0.6 is 0 Å². The molecule has 0 spiro atoms. The van der Waals surface area contributed by atoms with Crippen LogP contribution in [0, 0.1) is 0 Å². The molecule has 0 aliphatic carbocycles. The second-order valence-corrected chi connectivity index (χ2v) is 7.32. The lowest BCUT2D eigenvalue weighted by Gasteiger charge is -2.33. The molecular weight excluding hydrogens is 397 g/mol. The number of piperidine rings is 1. The fourth-order valence-electron chi connectivity index (χ4n) is 3.77. The van der Waals surface area contributed by atoms with Gasteiger partial charge in [0.15, 0.2) is 5.82 Å². The Labute approximate surface area is 172 Å². The van der Waals surface area contributed by atoms with E-state index in [1.807, 2.05) is 12.1 Å². The van der Waals surface area contributed by atoms with Crippen LogP contribution < -0.4 is 9.64 Å². The van der Waals surface area contributed by atoms with Gasteiger partial charge in [-0.15, -0.1) is 0 Å². The quantitative estimate of drug-likeness (QED) is 0.599. The molecule has 0 N–H and O–H groups in total. The molecule has 0 unspecified atom stereocenters. The molecule has 3 heterocycles. The van der Waals surface area contributed by atoms with Crippen LogP contribution in [-0.2, 0) is 17.9 Å². The van der Waals surface area contributed by atoms with E-state index in [0.717, 1.165) is 31.7 Å². The van der Waals surface area contributed by atoms with Crippen LogP contribution in [0.5, 0.6) is 5.75 Å². The maximum atomic E-state index is 12.8. The number of alkyl halides is 3. The number of aromatic nitrogens is 3. The minimum Gasteiger partial charge on any atom is -0.490 e. The maximum absolute atomic E-state index is 12.8. The summed E-state index contributed by atoms with van der Waals surface area (Å²) in [6.45, 7) is 0.909. The summed E-state index contributed by atoms with van der Waals surface area (Å²) < 4.78 is 50.9. The standard InChI is InChI=1S/C21H23F3N4O2/c1-29-13-19-25-9-5-20(26-19)27-10-6-15(7-11-27)30-18-4-2-3-17-16(18)8-12-28(17)14-21(22,23)24/h2-5,8-9,12,15H,6-7,10-11,13-14H2,1H3. The van der Waals surface area contributed by atoms with Gasteiger partial charge in [0.25, 0.3) is 0 Å². The number of nitrogens with zero attached hydrogens (tertiary/aromatic N) is 4. The average Bonchev–Trinajstić information content (AvgIpc) is 3.11. The molecule has 1 fully saturated rings. The van der Waals surface area contributed by atoms with Gasteiger partial charge in [0, 0.05) is 50.8 Å². The summed E-state index contributed by atoms with van der Waals surface area (Å²) >= 11 is 0. The highest BCUT2D eigenvalue weighted by atomic mass is 19.4. The molecule has 6 nitrogen and oxygen atoms in total. The Morgan fingerprint density at radius 1 is 1.13 bits per heavy atom. The van der Waals surface area contributed by atoms with Crippen molar-refractivity contribution in [3.05, 3.63) is 48.5 Å². The van der Waals surface area contributed by atoms with Crippen molar-refractivity contribution in [2.24, 2.45) is 0 Å². The molecule has 0 saturated carbocycles. The monoisotopic (exact) mass is 420 g/mol. The molecule has 0 amide bonds. The number of anilines is 1. The smallest absolute Gasteiger partial charge is 0.406 e. The largest absolute Gasteiger partial charge is 0.490 e. The highest BCUT2D eigenvalue weighted by Crippen LogP contribution is 2.31. The van der Waals surface area contributed by atoms with E-state index in [1.165, 1.54) is 10.8 Å². The fraction of sp³-hybridized carbons (Fsp3) is 0.429. The Kier molecular flexibility index (Phi) is 5.80. The molecule has 1 aliphatic heterocycles. The third kappa shape index (κ3) is 4.67.